The molecule has 2 amide bonds. The lowest BCUT2D eigenvalue weighted by Crippen LogP contribution is -2.42. The second kappa shape index (κ2) is 9.27. The van der Waals surface area contributed by atoms with Crippen LogP contribution in [0.5, 0.6) is 0 Å². The topological polar surface area (TPSA) is 105 Å². The Hall–Kier alpha value is -3.00. The molecule has 148 valence electrons. The van der Waals surface area contributed by atoms with E-state index in [1.807, 2.05) is 13.0 Å². The molecule has 0 bridgehead atoms. The van der Waals surface area contributed by atoms with Gasteiger partial charge in [-0.1, -0.05) is 24.3 Å². The third-order valence-electron chi connectivity index (χ3n) is 4.14. The molecule has 7 nitrogen and oxygen atoms in total. The standard InChI is InChI=1S/C20H23N3O4S/c1-4-9-22-19(24)20(25)23-13-18(16-6-5-10-21-12-16)28(26,27)17-11-14(2)7-8-15(17)3/h4-8,10-12,18H,1,9,13H2,2-3H3,(H,22,24)(H,23,25)/t18-/m0/s1. The Morgan fingerprint density at radius 1 is 1.18 bits per heavy atom. The molecule has 0 saturated carbocycles. The van der Waals surface area contributed by atoms with Crippen molar-refractivity contribution in [2.45, 2.75) is 24.0 Å². The first-order valence-electron chi connectivity index (χ1n) is 8.65. The number of benzene rings is 1. The number of sulfone groups is 1. The predicted molar refractivity (Wildman–Crippen MR) is 106 cm³/mol. The summed E-state index contributed by atoms with van der Waals surface area (Å²) in [5.74, 6) is -1.76. The number of carbonyl (C=O) groups excluding carboxylic acids is 2. The summed E-state index contributed by atoms with van der Waals surface area (Å²) < 4.78 is 26.7. The zero-order valence-corrected chi connectivity index (χ0v) is 16.6. The zero-order chi connectivity index (χ0) is 20.7. The fourth-order valence-corrected chi connectivity index (χ4v) is 4.63. The van der Waals surface area contributed by atoms with Crippen molar-refractivity contribution in [1.82, 2.24) is 15.6 Å². The fraction of sp³-hybridized carbons (Fsp3) is 0.250. The maximum Gasteiger partial charge on any atom is 0.309 e. The molecule has 2 N–H and O–H groups in total. The summed E-state index contributed by atoms with van der Waals surface area (Å²) in [7, 11) is -3.85. The van der Waals surface area contributed by atoms with E-state index in [1.54, 1.807) is 31.2 Å². The van der Waals surface area contributed by atoms with E-state index in [2.05, 4.69) is 22.2 Å². The lowest BCUT2D eigenvalue weighted by Gasteiger charge is -2.20. The molecule has 1 aromatic heterocycles. The molecule has 1 atom stereocenters. The van der Waals surface area contributed by atoms with Gasteiger partial charge >= 0.3 is 11.8 Å². The van der Waals surface area contributed by atoms with E-state index in [0.717, 1.165) is 5.56 Å². The van der Waals surface area contributed by atoms with Crippen LogP contribution in [0.2, 0.25) is 0 Å². The van der Waals surface area contributed by atoms with E-state index in [-0.39, 0.29) is 18.0 Å². The summed E-state index contributed by atoms with van der Waals surface area (Å²) in [6, 6.07) is 8.43. The lowest BCUT2D eigenvalue weighted by molar-refractivity contribution is -0.139. The van der Waals surface area contributed by atoms with Crippen molar-refractivity contribution in [2.24, 2.45) is 0 Å². The van der Waals surface area contributed by atoms with Crippen LogP contribution >= 0.6 is 0 Å². The summed E-state index contributed by atoms with van der Waals surface area (Å²) in [6.07, 6.45) is 4.41. The molecule has 1 heterocycles. The molecule has 0 saturated heterocycles. The fourth-order valence-electron chi connectivity index (χ4n) is 2.65. The van der Waals surface area contributed by atoms with Crippen LogP contribution in [0.4, 0.5) is 0 Å². The average Bonchev–Trinajstić information content (AvgIpc) is 2.68. The molecule has 8 heteroatoms. The van der Waals surface area contributed by atoms with Crippen molar-refractivity contribution in [3.63, 3.8) is 0 Å². The number of amides is 2. The van der Waals surface area contributed by atoms with Crippen molar-refractivity contribution in [3.05, 3.63) is 72.1 Å². The molecular weight excluding hydrogens is 378 g/mol. The van der Waals surface area contributed by atoms with Crippen LogP contribution < -0.4 is 10.6 Å². The van der Waals surface area contributed by atoms with E-state index in [1.165, 1.54) is 18.5 Å². The number of hydrogen-bond donors (Lipinski definition) is 2. The third kappa shape index (κ3) is 5.04. The molecule has 0 aliphatic rings. The minimum Gasteiger partial charge on any atom is -0.346 e. The maximum atomic E-state index is 13.4. The van der Waals surface area contributed by atoms with Gasteiger partial charge in [-0.3, -0.25) is 14.6 Å². The van der Waals surface area contributed by atoms with Crippen molar-refractivity contribution in [1.29, 1.82) is 0 Å². The first-order chi connectivity index (χ1) is 13.3. The van der Waals surface area contributed by atoms with Crippen LogP contribution in [0.3, 0.4) is 0 Å². The van der Waals surface area contributed by atoms with Crippen LogP contribution in [0.1, 0.15) is 21.9 Å². The number of carbonyl (C=O) groups is 2. The first kappa shape index (κ1) is 21.3. The van der Waals surface area contributed by atoms with Gasteiger partial charge in [0.05, 0.1) is 4.90 Å². The molecule has 28 heavy (non-hydrogen) atoms. The quantitative estimate of drug-likeness (QED) is 0.542. The Balaban J connectivity index is 2.35. The van der Waals surface area contributed by atoms with Crippen molar-refractivity contribution in [3.8, 4) is 0 Å². The Kier molecular flexibility index (Phi) is 7.06. The van der Waals surface area contributed by atoms with Gasteiger partial charge in [-0.15, -0.1) is 6.58 Å². The summed E-state index contributed by atoms with van der Waals surface area (Å²) in [6.45, 7) is 6.86. The lowest BCUT2D eigenvalue weighted by atomic mass is 10.2. The van der Waals surface area contributed by atoms with Gasteiger partial charge in [-0.25, -0.2) is 8.42 Å². The van der Waals surface area contributed by atoms with E-state index < -0.39 is 26.9 Å². The van der Waals surface area contributed by atoms with E-state index >= 15 is 0 Å². The van der Waals surface area contributed by atoms with Gasteiger partial charge in [-0.2, -0.15) is 0 Å². The minimum atomic E-state index is -3.85. The highest BCUT2D eigenvalue weighted by Crippen LogP contribution is 2.30. The number of nitrogens with one attached hydrogen (secondary N) is 2. The molecule has 2 rings (SSSR count). The van der Waals surface area contributed by atoms with E-state index in [0.29, 0.717) is 11.1 Å². The molecule has 0 aliphatic heterocycles. The van der Waals surface area contributed by atoms with Crippen molar-refractivity contribution >= 4 is 21.7 Å². The summed E-state index contributed by atoms with van der Waals surface area (Å²) in [4.78, 5) is 27.9. The van der Waals surface area contributed by atoms with Gasteiger partial charge in [0.25, 0.3) is 0 Å². The molecule has 0 aliphatic carbocycles. The second-order valence-electron chi connectivity index (χ2n) is 6.30. The largest absolute Gasteiger partial charge is 0.346 e. The smallest absolute Gasteiger partial charge is 0.309 e. The first-order valence-corrected chi connectivity index (χ1v) is 10.2. The predicted octanol–water partition coefficient (Wildman–Crippen LogP) is 1.63. The maximum absolute atomic E-state index is 13.4. The Morgan fingerprint density at radius 3 is 2.54 bits per heavy atom. The van der Waals surface area contributed by atoms with Crippen LogP contribution in [-0.2, 0) is 19.4 Å². The zero-order valence-electron chi connectivity index (χ0n) is 15.8. The van der Waals surface area contributed by atoms with E-state index in [9.17, 15) is 18.0 Å². The van der Waals surface area contributed by atoms with Gasteiger partial charge in [0.1, 0.15) is 5.25 Å². The van der Waals surface area contributed by atoms with Crippen LogP contribution in [0, 0.1) is 13.8 Å². The van der Waals surface area contributed by atoms with Crippen LogP contribution in [-0.4, -0.2) is 38.3 Å². The van der Waals surface area contributed by atoms with Gasteiger partial charge in [-0.05, 0) is 42.7 Å². The summed E-state index contributed by atoms with van der Waals surface area (Å²) >= 11 is 0. The van der Waals surface area contributed by atoms with Crippen molar-refractivity contribution < 1.29 is 18.0 Å². The number of aryl methyl sites for hydroxylation is 2. The summed E-state index contributed by atoms with van der Waals surface area (Å²) in [5, 5.41) is 3.67. The van der Waals surface area contributed by atoms with Gasteiger partial charge < -0.3 is 10.6 Å². The van der Waals surface area contributed by atoms with Gasteiger partial charge in [0, 0.05) is 25.5 Å². The molecule has 0 fully saturated rings. The van der Waals surface area contributed by atoms with Crippen LogP contribution in [0.25, 0.3) is 0 Å². The molecule has 0 unspecified atom stereocenters. The molecular formula is C20H23N3O4S. The monoisotopic (exact) mass is 401 g/mol. The highest BCUT2D eigenvalue weighted by molar-refractivity contribution is 7.91. The molecule has 0 radical (unpaired) electrons. The van der Waals surface area contributed by atoms with Crippen LogP contribution in [0.15, 0.2) is 60.3 Å². The van der Waals surface area contributed by atoms with Gasteiger partial charge in [0.15, 0.2) is 9.84 Å². The number of nitrogens with zero attached hydrogens (tertiary/aromatic N) is 1. The molecule has 2 aromatic rings. The number of hydrogen-bond acceptors (Lipinski definition) is 5. The van der Waals surface area contributed by atoms with E-state index in [4.69, 9.17) is 0 Å². The summed E-state index contributed by atoms with van der Waals surface area (Å²) in [5.41, 5.74) is 1.84. The molecule has 0 spiro atoms. The highest BCUT2D eigenvalue weighted by atomic mass is 32.2. The van der Waals surface area contributed by atoms with Gasteiger partial charge in [0.2, 0.25) is 0 Å². The Bertz CT molecular complexity index is 972. The average molecular weight is 401 g/mol. The highest BCUT2D eigenvalue weighted by Gasteiger charge is 2.31. The number of pyridine rings is 1. The minimum absolute atomic E-state index is 0.138. The number of aromatic nitrogens is 1. The Morgan fingerprint density at radius 2 is 1.89 bits per heavy atom. The Labute approximate surface area is 164 Å². The number of rotatable bonds is 7. The third-order valence-corrected chi connectivity index (χ3v) is 6.38. The van der Waals surface area contributed by atoms with Crippen molar-refractivity contribution in [2.75, 3.05) is 13.1 Å². The normalized spacial score (nSPS) is 12.1. The molecule has 1 aromatic carbocycles. The second-order valence-corrected chi connectivity index (χ2v) is 8.40. The SMILES string of the molecule is C=CCNC(=O)C(=O)NC[C@@H](c1cccnc1)S(=O)(=O)c1cc(C)ccc1C.